The van der Waals surface area contributed by atoms with Crippen molar-refractivity contribution in [2.24, 2.45) is 0 Å². The van der Waals surface area contributed by atoms with Gasteiger partial charge in [-0.15, -0.1) is 10.2 Å². The van der Waals surface area contributed by atoms with Crippen molar-refractivity contribution >= 4 is 5.69 Å². The van der Waals surface area contributed by atoms with Crippen molar-refractivity contribution in [3.8, 4) is 0 Å². The second-order valence-corrected chi connectivity index (χ2v) is 4.93. The quantitative estimate of drug-likeness (QED) is 0.907. The molecule has 3 rings (SSSR count). The molecular weight excluding hydrogens is 238 g/mol. The number of nitrogens with one attached hydrogen (secondary N) is 1. The molecule has 1 unspecified atom stereocenters. The summed E-state index contributed by atoms with van der Waals surface area (Å²) in [4.78, 5) is 2.38. The molecule has 2 heterocycles. The summed E-state index contributed by atoms with van der Waals surface area (Å²) in [7, 11) is 1.99. The van der Waals surface area contributed by atoms with Crippen LogP contribution in [0.15, 0.2) is 30.6 Å². The van der Waals surface area contributed by atoms with Gasteiger partial charge in [0.2, 0.25) is 0 Å². The molecule has 1 N–H and O–H groups in total. The molecule has 2 aromatic rings. The van der Waals surface area contributed by atoms with Gasteiger partial charge in [0, 0.05) is 24.8 Å². The average Bonchev–Trinajstić information content (AvgIpc) is 2.93. The van der Waals surface area contributed by atoms with Crippen LogP contribution in [0.25, 0.3) is 0 Å². The van der Waals surface area contributed by atoms with Gasteiger partial charge in [0.25, 0.3) is 0 Å². The number of aromatic nitrogens is 3. The highest BCUT2D eigenvalue weighted by Crippen LogP contribution is 2.28. The highest BCUT2D eigenvalue weighted by molar-refractivity contribution is 5.55. The van der Waals surface area contributed by atoms with Gasteiger partial charge in [-0.25, -0.2) is 0 Å². The minimum absolute atomic E-state index is 0.344. The summed E-state index contributed by atoms with van der Waals surface area (Å²) in [6.07, 6.45) is 1.81. The molecule has 0 fully saturated rings. The normalized spacial score (nSPS) is 16.2. The number of benzene rings is 1. The first-order chi connectivity index (χ1) is 9.29. The first-order valence-electron chi connectivity index (χ1n) is 6.67. The number of fused-ring (bicyclic) bond motifs is 1. The topological polar surface area (TPSA) is 46.0 Å². The van der Waals surface area contributed by atoms with Crippen LogP contribution in [0.1, 0.15) is 24.4 Å². The summed E-state index contributed by atoms with van der Waals surface area (Å²) in [5, 5.41) is 11.5. The third-order valence-electron chi connectivity index (χ3n) is 3.82. The van der Waals surface area contributed by atoms with E-state index in [9.17, 15) is 0 Å². The lowest BCUT2D eigenvalue weighted by atomic mass is 10.0. The van der Waals surface area contributed by atoms with Crippen LogP contribution in [0, 0.1) is 0 Å². The summed E-state index contributed by atoms with van der Waals surface area (Å²) in [6, 6.07) is 8.92. The second-order valence-electron chi connectivity index (χ2n) is 4.93. The smallest absolute Gasteiger partial charge is 0.152 e. The minimum Gasteiger partial charge on any atom is -0.362 e. The van der Waals surface area contributed by atoms with E-state index in [2.05, 4.69) is 56.2 Å². The van der Waals surface area contributed by atoms with Crippen molar-refractivity contribution in [3.05, 3.63) is 42.0 Å². The Hall–Kier alpha value is -1.88. The second kappa shape index (κ2) is 5.01. The summed E-state index contributed by atoms with van der Waals surface area (Å²) < 4.78 is 2.13. The highest BCUT2D eigenvalue weighted by Gasteiger charge is 2.20. The largest absolute Gasteiger partial charge is 0.362 e. The zero-order chi connectivity index (χ0) is 13.2. The number of rotatable bonds is 3. The van der Waals surface area contributed by atoms with E-state index in [0.717, 1.165) is 25.5 Å². The molecule has 19 heavy (non-hydrogen) atoms. The Balaban J connectivity index is 1.91. The van der Waals surface area contributed by atoms with Crippen LogP contribution in [-0.2, 0) is 13.1 Å². The Kier molecular flexibility index (Phi) is 3.21. The highest BCUT2D eigenvalue weighted by atomic mass is 15.3. The van der Waals surface area contributed by atoms with E-state index in [4.69, 9.17) is 0 Å². The van der Waals surface area contributed by atoms with Crippen molar-refractivity contribution < 1.29 is 0 Å². The van der Waals surface area contributed by atoms with Gasteiger partial charge in [0.15, 0.2) is 5.82 Å². The average molecular weight is 257 g/mol. The van der Waals surface area contributed by atoms with E-state index >= 15 is 0 Å². The molecule has 1 aliphatic rings. The zero-order valence-electron chi connectivity index (χ0n) is 11.4. The van der Waals surface area contributed by atoms with Crippen LogP contribution in [0.2, 0.25) is 0 Å². The van der Waals surface area contributed by atoms with Gasteiger partial charge in [0.05, 0.1) is 6.54 Å². The maximum Gasteiger partial charge on any atom is 0.152 e. The lowest BCUT2D eigenvalue weighted by Crippen LogP contribution is -2.34. The summed E-state index contributed by atoms with van der Waals surface area (Å²) in [6.45, 7) is 4.96. The maximum absolute atomic E-state index is 4.18. The fourth-order valence-corrected chi connectivity index (χ4v) is 2.57. The monoisotopic (exact) mass is 257 g/mol. The molecule has 0 saturated carbocycles. The molecule has 5 nitrogen and oxygen atoms in total. The first-order valence-corrected chi connectivity index (χ1v) is 6.67. The van der Waals surface area contributed by atoms with Crippen molar-refractivity contribution in [2.75, 3.05) is 18.5 Å². The number of nitrogens with zero attached hydrogens (tertiary/aromatic N) is 4. The molecule has 0 spiro atoms. The van der Waals surface area contributed by atoms with Crippen molar-refractivity contribution in [1.29, 1.82) is 0 Å². The molecule has 100 valence electrons. The van der Waals surface area contributed by atoms with Gasteiger partial charge >= 0.3 is 0 Å². The Morgan fingerprint density at radius 2 is 2.11 bits per heavy atom. The Bertz CT molecular complexity index is 562. The van der Waals surface area contributed by atoms with Gasteiger partial charge in [-0.3, -0.25) is 0 Å². The van der Waals surface area contributed by atoms with Gasteiger partial charge in [-0.05, 0) is 25.6 Å². The fourth-order valence-electron chi connectivity index (χ4n) is 2.57. The van der Waals surface area contributed by atoms with Crippen LogP contribution < -0.4 is 10.2 Å². The van der Waals surface area contributed by atoms with Crippen molar-refractivity contribution in [3.63, 3.8) is 0 Å². The van der Waals surface area contributed by atoms with Crippen LogP contribution in [0.4, 0.5) is 5.69 Å². The van der Waals surface area contributed by atoms with Crippen molar-refractivity contribution in [1.82, 2.24) is 20.1 Å². The van der Waals surface area contributed by atoms with Crippen LogP contribution in [0.3, 0.4) is 0 Å². The Morgan fingerprint density at radius 3 is 2.95 bits per heavy atom. The van der Waals surface area contributed by atoms with Crippen LogP contribution in [-0.4, -0.2) is 28.4 Å². The number of hydrogen-bond acceptors (Lipinski definition) is 4. The van der Waals surface area contributed by atoms with E-state index < -0.39 is 0 Å². The summed E-state index contributed by atoms with van der Waals surface area (Å²) >= 11 is 0. The molecule has 1 aromatic heterocycles. The standard InChI is InChI=1S/C14H19N5/c1-11(15-2)12-5-3-4-6-13(12)18-7-8-19-10-16-17-14(19)9-18/h3-6,10-11,15H,7-9H2,1-2H3. The van der Waals surface area contributed by atoms with Gasteiger partial charge in [0.1, 0.15) is 6.33 Å². The fraction of sp³-hybridized carbons (Fsp3) is 0.429. The molecule has 5 heteroatoms. The lowest BCUT2D eigenvalue weighted by Gasteiger charge is -2.31. The predicted molar refractivity (Wildman–Crippen MR) is 75.0 cm³/mol. The molecule has 1 aliphatic heterocycles. The molecular formula is C14H19N5. The van der Waals surface area contributed by atoms with E-state index in [1.807, 2.05) is 13.4 Å². The third-order valence-corrected chi connectivity index (χ3v) is 3.82. The Labute approximate surface area is 113 Å². The minimum atomic E-state index is 0.344. The summed E-state index contributed by atoms with van der Waals surface area (Å²) in [5.74, 6) is 1.04. The molecule has 0 amide bonds. The first kappa shape index (κ1) is 12.2. The molecule has 0 bridgehead atoms. The van der Waals surface area contributed by atoms with E-state index in [1.54, 1.807) is 0 Å². The maximum atomic E-state index is 4.18. The van der Waals surface area contributed by atoms with E-state index in [-0.39, 0.29) is 0 Å². The molecule has 1 atom stereocenters. The molecule has 0 radical (unpaired) electrons. The van der Waals surface area contributed by atoms with E-state index in [1.165, 1.54) is 11.3 Å². The number of anilines is 1. The van der Waals surface area contributed by atoms with Crippen molar-refractivity contribution in [2.45, 2.75) is 26.1 Å². The summed E-state index contributed by atoms with van der Waals surface area (Å²) in [5.41, 5.74) is 2.62. The van der Waals surface area contributed by atoms with Crippen LogP contribution in [0.5, 0.6) is 0 Å². The predicted octanol–water partition coefficient (Wildman–Crippen LogP) is 1.58. The van der Waals surface area contributed by atoms with Gasteiger partial charge in [-0.1, -0.05) is 18.2 Å². The SMILES string of the molecule is CNC(C)c1ccccc1N1CCn2cnnc2C1. The van der Waals surface area contributed by atoms with Crippen LogP contribution >= 0.6 is 0 Å². The van der Waals surface area contributed by atoms with Gasteiger partial charge in [-0.2, -0.15) is 0 Å². The van der Waals surface area contributed by atoms with E-state index in [0.29, 0.717) is 6.04 Å². The van der Waals surface area contributed by atoms with Gasteiger partial charge < -0.3 is 14.8 Å². The molecule has 0 aliphatic carbocycles. The Morgan fingerprint density at radius 1 is 1.26 bits per heavy atom. The molecule has 1 aromatic carbocycles. The third kappa shape index (κ3) is 2.21. The zero-order valence-corrected chi connectivity index (χ0v) is 11.4. The number of para-hydroxylation sites is 1. The number of hydrogen-bond donors (Lipinski definition) is 1. The molecule has 0 saturated heterocycles. The lowest BCUT2D eigenvalue weighted by molar-refractivity contribution is 0.554.